The molecule has 0 saturated carbocycles. The van der Waals surface area contributed by atoms with E-state index in [4.69, 9.17) is 4.74 Å². The molecule has 0 aliphatic rings. The van der Waals surface area contributed by atoms with E-state index in [0.29, 0.717) is 0 Å². The lowest BCUT2D eigenvalue weighted by Crippen LogP contribution is -2.41. The van der Waals surface area contributed by atoms with Crippen LogP contribution in [-0.2, 0) is 11.2 Å². The lowest BCUT2D eigenvalue weighted by Gasteiger charge is -2.18. The monoisotopic (exact) mass is 359 g/mol. The second kappa shape index (κ2) is 10.8. The number of aromatic amines is 1. The van der Waals surface area contributed by atoms with Gasteiger partial charge >= 0.3 is 0 Å². The van der Waals surface area contributed by atoms with Crippen molar-refractivity contribution in [2.24, 2.45) is 4.99 Å². The van der Waals surface area contributed by atoms with Gasteiger partial charge in [-0.05, 0) is 37.9 Å². The number of hydrogen-bond acceptors (Lipinski definition) is 3. The van der Waals surface area contributed by atoms with Gasteiger partial charge in [0.1, 0.15) is 0 Å². The molecule has 0 saturated heterocycles. The van der Waals surface area contributed by atoms with Crippen molar-refractivity contribution >= 4 is 16.9 Å². The molecule has 1 aromatic heterocycles. The molecule has 6 heteroatoms. The summed E-state index contributed by atoms with van der Waals surface area (Å²) in [7, 11) is 5.69. The van der Waals surface area contributed by atoms with Gasteiger partial charge in [-0.15, -0.1) is 0 Å². The van der Waals surface area contributed by atoms with Gasteiger partial charge in [0.15, 0.2) is 5.96 Å². The lowest BCUT2D eigenvalue weighted by molar-refractivity contribution is 0.180. The Morgan fingerprint density at radius 2 is 2.04 bits per heavy atom. The molecule has 0 aliphatic carbocycles. The molecule has 1 aromatic carbocycles. The van der Waals surface area contributed by atoms with Crippen molar-refractivity contribution in [3.8, 4) is 0 Å². The number of aliphatic imine (C=N–C) groups is 1. The van der Waals surface area contributed by atoms with E-state index in [1.54, 1.807) is 7.11 Å². The number of aromatic nitrogens is 1. The van der Waals surface area contributed by atoms with E-state index in [9.17, 15) is 0 Å². The van der Waals surface area contributed by atoms with E-state index in [1.165, 1.54) is 22.0 Å². The maximum Gasteiger partial charge on any atom is 0.191 e. The molecule has 0 bridgehead atoms. The summed E-state index contributed by atoms with van der Waals surface area (Å²) in [4.78, 5) is 9.99. The Balaban J connectivity index is 1.71. The third kappa shape index (κ3) is 6.04. The first-order valence-electron chi connectivity index (χ1n) is 9.33. The first kappa shape index (κ1) is 20.3. The Morgan fingerprint density at radius 1 is 1.23 bits per heavy atom. The number of fused-ring (bicyclic) bond motifs is 1. The highest BCUT2D eigenvalue weighted by molar-refractivity contribution is 5.86. The van der Waals surface area contributed by atoms with E-state index in [1.807, 2.05) is 7.05 Å². The number of H-pyrrole nitrogens is 1. The predicted octanol–water partition coefficient (Wildman–Crippen LogP) is 2.15. The van der Waals surface area contributed by atoms with E-state index in [2.05, 4.69) is 63.9 Å². The SMILES string of the molecule is CN=C(NCCc1c[nH]c2c(C)cccc12)NCCN(C)CCCOC. The molecule has 0 amide bonds. The fourth-order valence-electron chi connectivity index (χ4n) is 3.06. The summed E-state index contributed by atoms with van der Waals surface area (Å²) in [6.07, 6.45) is 4.13. The minimum Gasteiger partial charge on any atom is -0.385 e. The van der Waals surface area contributed by atoms with Gasteiger partial charge in [0.2, 0.25) is 0 Å². The summed E-state index contributed by atoms with van der Waals surface area (Å²) in [5, 5.41) is 8.09. The zero-order chi connectivity index (χ0) is 18.8. The first-order chi connectivity index (χ1) is 12.7. The molecule has 0 fully saturated rings. The topological polar surface area (TPSA) is 64.7 Å². The predicted molar refractivity (Wildman–Crippen MR) is 110 cm³/mol. The van der Waals surface area contributed by atoms with Crippen LogP contribution >= 0.6 is 0 Å². The Morgan fingerprint density at radius 3 is 2.81 bits per heavy atom. The summed E-state index contributed by atoms with van der Waals surface area (Å²) in [5.74, 6) is 0.853. The minimum atomic E-state index is 0.814. The van der Waals surface area contributed by atoms with Crippen LogP contribution in [0.15, 0.2) is 29.4 Å². The van der Waals surface area contributed by atoms with Crippen molar-refractivity contribution in [3.05, 3.63) is 35.5 Å². The number of guanidine groups is 1. The zero-order valence-corrected chi connectivity index (χ0v) is 16.6. The summed E-state index contributed by atoms with van der Waals surface area (Å²) in [6.45, 7) is 6.70. The third-order valence-corrected chi connectivity index (χ3v) is 4.59. The molecule has 26 heavy (non-hydrogen) atoms. The van der Waals surface area contributed by atoms with E-state index < -0.39 is 0 Å². The number of nitrogens with zero attached hydrogens (tertiary/aromatic N) is 2. The van der Waals surface area contributed by atoms with Crippen LogP contribution in [-0.4, -0.2) is 69.8 Å². The Hall–Kier alpha value is -2.05. The van der Waals surface area contributed by atoms with Gasteiger partial charge < -0.3 is 25.3 Å². The molecule has 2 aromatic rings. The normalized spacial score (nSPS) is 12.1. The van der Waals surface area contributed by atoms with Crippen LogP contribution in [0.5, 0.6) is 0 Å². The number of aryl methyl sites for hydroxylation is 1. The van der Waals surface area contributed by atoms with Crippen LogP contribution in [0, 0.1) is 6.92 Å². The number of rotatable bonds is 10. The van der Waals surface area contributed by atoms with Gasteiger partial charge in [-0.3, -0.25) is 4.99 Å². The average molecular weight is 360 g/mol. The second-order valence-corrected chi connectivity index (χ2v) is 6.64. The Labute approximate surface area is 157 Å². The first-order valence-corrected chi connectivity index (χ1v) is 9.33. The molecule has 0 aliphatic heterocycles. The van der Waals surface area contributed by atoms with E-state index in [0.717, 1.165) is 51.6 Å². The smallest absolute Gasteiger partial charge is 0.191 e. The maximum atomic E-state index is 5.09. The zero-order valence-electron chi connectivity index (χ0n) is 16.6. The van der Waals surface area contributed by atoms with Crippen molar-refractivity contribution in [2.45, 2.75) is 19.8 Å². The van der Waals surface area contributed by atoms with E-state index >= 15 is 0 Å². The van der Waals surface area contributed by atoms with Crippen LogP contribution in [0.2, 0.25) is 0 Å². The van der Waals surface area contributed by atoms with Crippen LogP contribution in [0.4, 0.5) is 0 Å². The number of ether oxygens (including phenoxy) is 1. The summed E-state index contributed by atoms with van der Waals surface area (Å²) in [5.41, 5.74) is 3.86. The molecule has 0 atom stereocenters. The molecular formula is C20H33N5O. The fraction of sp³-hybridized carbons (Fsp3) is 0.550. The van der Waals surface area contributed by atoms with Gasteiger partial charge in [-0.1, -0.05) is 18.2 Å². The Bertz CT molecular complexity index is 695. The van der Waals surface area contributed by atoms with Crippen molar-refractivity contribution in [1.82, 2.24) is 20.5 Å². The van der Waals surface area contributed by atoms with Crippen molar-refractivity contribution in [3.63, 3.8) is 0 Å². The number of nitrogens with one attached hydrogen (secondary N) is 3. The number of benzene rings is 1. The summed E-state index contributed by atoms with van der Waals surface area (Å²) >= 11 is 0. The maximum absolute atomic E-state index is 5.09. The van der Waals surface area contributed by atoms with Gasteiger partial charge in [-0.25, -0.2) is 0 Å². The van der Waals surface area contributed by atoms with Gasteiger partial charge in [0, 0.05) is 64.0 Å². The third-order valence-electron chi connectivity index (χ3n) is 4.59. The Kier molecular flexibility index (Phi) is 8.44. The highest BCUT2D eigenvalue weighted by atomic mass is 16.5. The molecule has 3 N–H and O–H groups in total. The molecular weight excluding hydrogens is 326 g/mol. The number of likely N-dealkylation sites (N-methyl/N-ethyl adjacent to an activating group) is 1. The molecule has 0 spiro atoms. The molecule has 0 radical (unpaired) electrons. The molecule has 0 unspecified atom stereocenters. The molecule has 144 valence electrons. The summed E-state index contributed by atoms with van der Waals surface area (Å²) < 4.78 is 5.09. The number of para-hydroxylation sites is 1. The van der Waals surface area contributed by atoms with E-state index in [-0.39, 0.29) is 0 Å². The van der Waals surface area contributed by atoms with Crippen LogP contribution < -0.4 is 10.6 Å². The highest BCUT2D eigenvalue weighted by Crippen LogP contribution is 2.21. The number of hydrogen-bond donors (Lipinski definition) is 3. The van der Waals surface area contributed by atoms with Gasteiger partial charge in [0.05, 0.1) is 0 Å². The minimum absolute atomic E-state index is 0.814. The lowest BCUT2D eigenvalue weighted by atomic mass is 10.1. The van der Waals surface area contributed by atoms with Crippen molar-refractivity contribution in [2.75, 3.05) is 54.0 Å². The molecule has 6 nitrogen and oxygen atoms in total. The highest BCUT2D eigenvalue weighted by Gasteiger charge is 2.06. The van der Waals surface area contributed by atoms with Crippen molar-refractivity contribution < 1.29 is 4.74 Å². The standard InChI is InChI=1S/C20H33N5O/c1-16-7-5-8-18-17(15-24-19(16)18)9-10-22-20(21-2)23-11-13-25(3)12-6-14-26-4/h5,7-8,15,24H,6,9-14H2,1-4H3,(H2,21,22,23). The van der Waals surface area contributed by atoms with Gasteiger partial charge in [0.25, 0.3) is 0 Å². The number of methoxy groups -OCH3 is 1. The molecule has 2 rings (SSSR count). The van der Waals surface area contributed by atoms with Crippen LogP contribution in [0.25, 0.3) is 10.9 Å². The van der Waals surface area contributed by atoms with Crippen LogP contribution in [0.1, 0.15) is 17.5 Å². The fourth-order valence-corrected chi connectivity index (χ4v) is 3.06. The van der Waals surface area contributed by atoms with Gasteiger partial charge in [-0.2, -0.15) is 0 Å². The quantitative estimate of drug-likeness (QED) is 0.346. The average Bonchev–Trinajstić information content (AvgIpc) is 3.05. The molecule has 1 heterocycles. The summed E-state index contributed by atoms with van der Waals surface area (Å²) in [6, 6.07) is 6.44. The largest absolute Gasteiger partial charge is 0.385 e. The van der Waals surface area contributed by atoms with Crippen LogP contribution in [0.3, 0.4) is 0 Å². The van der Waals surface area contributed by atoms with Crippen molar-refractivity contribution in [1.29, 1.82) is 0 Å². The second-order valence-electron chi connectivity index (χ2n) is 6.64.